The lowest BCUT2D eigenvalue weighted by molar-refractivity contribution is 0.0350. The summed E-state index contributed by atoms with van der Waals surface area (Å²) in [5, 5.41) is 3.68. The first kappa shape index (κ1) is 17.2. The van der Waals surface area contributed by atoms with Gasteiger partial charge in [0, 0.05) is 32.3 Å². The van der Waals surface area contributed by atoms with Crippen LogP contribution in [0.15, 0.2) is 0 Å². The summed E-state index contributed by atoms with van der Waals surface area (Å²) in [7, 11) is 1.83. The van der Waals surface area contributed by atoms with Gasteiger partial charge in [0.15, 0.2) is 0 Å². The Morgan fingerprint density at radius 3 is 2.67 bits per heavy atom. The predicted molar refractivity (Wildman–Crippen MR) is 89.6 cm³/mol. The van der Waals surface area contributed by atoms with Gasteiger partial charge in [-0.3, -0.25) is 4.90 Å². The molecule has 0 aromatic carbocycles. The second-order valence-corrected chi connectivity index (χ2v) is 7.67. The molecule has 2 aliphatic rings. The van der Waals surface area contributed by atoms with Crippen molar-refractivity contribution in [2.75, 3.05) is 33.4 Å². The van der Waals surface area contributed by atoms with E-state index in [1.165, 1.54) is 45.2 Å². The van der Waals surface area contributed by atoms with E-state index in [4.69, 9.17) is 4.74 Å². The highest BCUT2D eigenvalue weighted by molar-refractivity contribution is 4.90. The van der Waals surface area contributed by atoms with Gasteiger partial charge in [-0.25, -0.2) is 0 Å². The molecular formula is C18H36N2O. The molecule has 124 valence electrons. The number of methoxy groups -OCH3 is 1. The summed E-state index contributed by atoms with van der Waals surface area (Å²) in [6, 6.07) is 1.46. The minimum Gasteiger partial charge on any atom is -0.383 e. The Morgan fingerprint density at radius 2 is 2.05 bits per heavy atom. The van der Waals surface area contributed by atoms with E-state index >= 15 is 0 Å². The molecule has 21 heavy (non-hydrogen) atoms. The van der Waals surface area contributed by atoms with Crippen LogP contribution >= 0.6 is 0 Å². The Hall–Kier alpha value is -0.120. The summed E-state index contributed by atoms with van der Waals surface area (Å²) >= 11 is 0. The lowest BCUT2D eigenvalue weighted by Gasteiger charge is -2.44. The molecule has 1 saturated heterocycles. The van der Waals surface area contributed by atoms with E-state index in [9.17, 15) is 0 Å². The summed E-state index contributed by atoms with van der Waals surface area (Å²) in [4.78, 5) is 2.76. The average Bonchev–Trinajstić information content (AvgIpc) is 2.96. The van der Waals surface area contributed by atoms with Gasteiger partial charge in [0.2, 0.25) is 0 Å². The van der Waals surface area contributed by atoms with Crippen molar-refractivity contribution in [3.63, 3.8) is 0 Å². The zero-order chi connectivity index (χ0) is 15.2. The van der Waals surface area contributed by atoms with Gasteiger partial charge in [-0.1, -0.05) is 27.2 Å². The minimum absolute atomic E-state index is 0.701. The molecular weight excluding hydrogens is 260 g/mol. The molecule has 2 fully saturated rings. The van der Waals surface area contributed by atoms with E-state index in [1.807, 2.05) is 7.11 Å². The van der Waals surface area contributed by atoms with E-state index in [0.717, 1.165) is 36.9 Å². The molecule has 4 unspecified atom stereocenters. The van der Waals surface area contributed by atoms with Crippen LogP contribution in [0.1, 0.15) is 52.9 Å². The molecule has 2 rings (SSSR count). The van der Waals surface area contributed by atoms with E-state index < -0.39 is 0 Å². The van der Waals surface area contributed by atoms with Crippen molar-refractivity contribution in [3.05, 3.63) is 0 Å². The Morgan fingerprint density at radius 1 is 1.24 bits per heavy atom. The van der Waals surface area contributed by atoms with Crippen molar-refractivity contribution in [3.8, 4) is 0 Å². The average molecular weight is 296 g/mol. The van der Waals surface area contributed by atoms with Crippen molar-refractivity contribution < 1.29 is 4.74 Å². The fourth-order valence-corrected chi connectivity index (χ4v) is 4.37. The second-order valence-electron chi connectivity index (χ2n) is 7.67. The van der Waals surface area contributed by atoms with Gasteiger partial charge in [0.25, 0.3) is 0 Å². The van der Waals surface area contributed by atoms with Crippen molar-refractivity contribution in [1.29, 1.82) is 0 Å². The third kappa shape index (κ3) is 4.94. The molecule has 0 bridgehead atoms. The molecule has 1 aliphatic heterocycles. The Kier molecular flexibility index (Phi) is 6.97. The Balaban J connectivity index is 2.03. The first-order valence-electron chi connectivity index (χ1n) is 9.08. The van der Waals surface area contributed by atoms with E-state index in [1.54, 1.807) is 0 Å². The molecule has 1 aliphatic carbocycles. The number of ether oxygens (including phenoxy) is 1. The van der Waals surface area contributed by atoms with Gasteiger partial charge in [-0.15, -0.1) is 0 Å². The highest BCUT2D eigenvalue weighted by Gasteiger charge is 2.35. The first-order valence-corrected chi connectivity index (χ1v) is 9.08. The van der Waals surface area contributed by atoms with Crippen molar-refractivity contribution in [2.45, 2.75) is 65.0 Å². The highest BCUT2D eigenvalue weighted by atomic mass is 16.5. The van der Waals surface area contributed by atoms with Crippen LogP contribution in [0.4, 0.5) is 0 Å². The predicted octanol–water partition coefficient (Wildman–Crippen LogP) is 3.15. The molecule has 3 nitrogen and oxygen atoms in total. The van der Waals surface area contributed by atoms with E-state index in [0.29, 0.717) is 6.04 Å². The normalized spacial score (nSPS) is 34.0. The molecule has 4 atom stereocenters. The maximum absolute atomic E-state index is 5.39. The zero-order valence-electron chi connectivity index (χ0n) is 14.6. The van der Waals surface area contributed by atoms with Crippen LogP contribution in [0, 0.1) is 17.8 Å². The van der Waals surface area contributed by atoms with E-state index in [2.05, 4.69) is 31.0 Å². The summed E-state index contributed by atoms with van der Waals surface area (Å²) in [5.74, 6) is 2.54. The molecule has 0 aromatic rings. The van der Waals surface area contributed by atoms with Crippen molar-refractivity contribution in [1.82, 2.24) is 10.2 Å². The first-order chi connectivity index (χ1) is 10.1. The van der Waals surface area contributed by atoms with Gasteiger partial charge in [0.1, 0.15) is 0 Å². The number of hydrogen-bond acceptors (Lipinski definition) is 3. The van der Waals surface area contributed by atoms with Crippen LogP contribution in [-0.4, -0.2) is 50.3 Å². The van der Waals surface area contributed by atoms with Crippen LogP contribution < -0.4 is 5.32 Å². The number of nitrogens with one attached hydrogen (secondary N) is 1. The topological polar surface area (TPSA) is 24.5 Å². The van der Waals surface area contributed by atoms with Gasteiger partial charge in [0.05, 0.1) is 6.61 Å². The molecule has 0 amide bonds. The lowest BCUT2D eigenvalue weighted by Crippen LogP contribution is -2.51. The number of rotatable bonds is 7. The maximum Gasteiger partial charge on any atom is 0.0589 e. The third-order valence-electron chi connectivity index (χ3n) is 5.66. The molecule has 0 spiro atoms. The number of hydrogen-bond donors (Lipinski definition) is 1. The van der Waals surface area contributed by atoms with Gasteiger partial charge in [-0.2, -0.15) is 0 Å². The fraction of sp³-hybridized carbons (Fsp3) is 1.00. The summed E-state index contributed by atoms with van der Waals surface area (Å²) in [6.07, 6.45) is 6.89. The molecule has 0 aromatic heterocycles. The van der Waals surface area contributed by atoms with Gasteiger partial charge >= 0.3 is 0 Å². The third-order valence-corrected chi connectivity index (χ3v) is 5.66. The summed E-state index contributed by atoms with van der Waals surface area (Å²) < 4.78 is 5.39. The molecule has 1 saturated carbocycles. The van der Waals surface area contributed by atoms with Gasteiger partial charge in [-0.05, 0) is 50.0 Å². The monoisotopic (exact) mass is 296 g/mol. The van der Waals surface area contributed by atoms with Crippen LogP contribution in [0.3, 0.4) is 0 Å². The van der Waals surface area contributed by atoms with Crippen LogP contribution in [-0.2, 0) is 4.74 Å². The lowest BCUT2D eigenvalue weighted by atomic mass is 9.73. The quantitative estimate of drug-likeness (QED) is 0.781. The Labute approximate surface area is 131 Å². The molecule has 1 N–H and O–H groups in total. The fourth-order valence-electron chi connectivity index (χ4n) is 4.37. The summed E-state index contributed by atoms with van der Waals surface area (Å²) in [6.45, 7) is 11.6. The summed E-state index contributed by atoms with van der Waals surface area (Å²) in [5.41, 5.74) is 0. The maximum atomic E-state index is 5.39. The standard InChI is InChI=1S/C18H36N2O/c1-14(2)17-8-7-15(3)12-18(17)20(10-11-21-4)13-16-6-5-9-19-16/h14-19H,5-13H2,1-4H3. The minimum atomic E-state index is 0.701. The zero-order valence-corrected chi connectivity index (χ0v) is 14.6. The van der Waals surface area contributed by atoms with Crippen molar-refractivity contribution in [2.24, 2.45) is 17.8 Å². The molecule has 0 radical (unpaired) electrons. The largest absolute Gasteiger partial charge is 0.383 e. The van der Waals surface area contributed by atoms with Crippen LogP contribution in [0.25, 0.3) is 0 Å². The second kappa shape index (κ2) is 8.50. The van der Waals surface area contributed by atoms with E-state index in [-0.39, 0.29) is 0 Å². The number of nitrogens with zero attached hydrogens (tertiary/aromatic N) is 1. The van der Waals surface area contributed by atoms with Crippen LogP contribution in [0.2, 0.25) is 0 Å². The smallest absolute Gasteiger partial charge is 0.0589 e. The molecule has 3 heteroatoms. The van der Waals surface area contributed by atoms with Gasteiger partial charge < -0.3 is 10.1 Å². The molecule has 1 heterocycles. The van der Waals surface area contributed by atoms with Crippen molar-refractivity contribution >= 4 is 0 Å². The Bertz CT molecular complexity index is 289. The van der Waals surface area contributed by atoms with Crippen LogP contribution in [0.5, 0.6) is 0 Å². The SMILES string of the molecule is COCCN(CC1CCCN1)C1CC(C)CCC1C(C)C. The highest BCUT2D eigenvalue weighted by Crippen LogP contribution is 2.36.